The summed E-state index contributed by atoms with van der Waals surface area (Å²) in [5.41, 5.74) is 3.52. The van der Waals surface area contributed by atoms with Crippen LogP contribution in [0.3, 0.4) is 0 Å². The van der Waals surface area contributed by atoms with Crippen molar-refractivity contribution in [3.8, 4) is 28.7 Å². The van der Waals surface area contributed by atoms with Crippen molar-refractivity contribution in [2.75, 3.05) is 32.8 Å². The van der Waals surface area contributed by atoms with Crippen molar-refractivity contribution in [2.45, 2.75) is 13.3 Å². The Morgan fingerprint density at radius 3 is 2.50 bits per heavy atom. The molecule has 3 heterocycles. The third kappa shape index (κ3) is 4.96. The van der Waals surface area contributed by atoms with Gasteiger partial charge >= 0.3 is 0 Å². The zero-order chi connectivity index (χ0) is 26.6. The van der Waals surface area contributed by atoms with Crippen LogP contribution < -0.4 is 19.5 Å². The Balaban J connectivity index is 1.34. The Morgan fingerprint density at radius 2 is 1.79 bits per heavy atom. The molecule has 9 heteroatoms. The number of benzene rings is 2. The topological polar surface area (TPSA) is 112 Å². The van der Waals surface area contributed by atoms with Gasteiger partial charge in [-0.05, 0) is 55.3 Å². The first-order chi connectivity index (χ1) is 18.5. The largest absolute Gasteiger partial charge is 0.506 e. The van der Waals surface area contributed by atoms with Gasteiger partial charge in [0.2, 0.25) is 0 Å². The zero-order valence-corrected chi connectivity index (χ0v) is 21.3. The van der Waals surface area contributed by atoms with Gasteiger partial charge in [-0.3, -0.25) is 14.8 Å². The Hall–Kier alpha value is -4.63. The molecule has 0 atom stereocenters. The van der Waals surface area contributed by atoms with Crippen LogP contribution in [0.4, 0.5) is 5.69 Å². The highest BCUT2D eigenvalue weighted by molar-refractivity contribution is 6.07. The number of methoxy groups -OCH3 is 2. The molecule has 0 bridgehead atoms. The Labute approximate surface area is 219 Å². The summed E-state index contributed by atoms with van der Waals surface area (Å²) in [5, 5.41) is 14.5. The van der Waals surface area contributed by atoms with Gasteiger partial charge in [0.05, 0.1) is 33.0 Å². The predicted octanol–water partition coefficient (Wildman–Crippen LogP) is 5.51. The monoisotopic (exact) mass is 513 g/mol. The number of carbonyl (C=O) groups is 1. The lowest BCUT2D eigenvalue weighted by atomic mass is 9.97. The molecule has 38 heavy (non-hydrogen) atoms. The second-order valence-corrected chi connectivity index (χ2v) is 8.65. The molecule has 0 spiro atoms. The molecule has 2 aromatic heterocycles. The van der Waals surface area contributed by atoms with Crippen molar-refractivity contribution in [1.82, 2.24) is 9.97 Å². The number of rotatable bonds is 7. The summed E-state index contributed by atoms with van der Waals surface area (Å²) in [6.07, 6.45) is 5.60. The van der Waals surface area contributed by atoms with Gasteiger partial charge in [-0.1, -0.05) is 6.08 Å². The molecule has 1 aliphatic heterocycles. The number of hydrogen-bond donors (Lipinski definition) is 2. The molecule has 9 nitrogen and oxygen atoms in total. The van der Waals surface area contributed by atoms with Crippen molar-refractivity contribution < 1.29 is 28.8 Å². The number of hydrogen-bond acceptors (Lipinski definition) is 8. The zero-order valence-electron chi connectivity index (χ0n) is 21.3. The van der Waals surface area contributed by atoms with Crippen LogP contribution in [0, 0.1) is 6.92 Å². The van der Waals surface area contributed by atoms with E-state index in [1.54, 1.807) is 56.8 Å². The number of carbonyl (C=O) groups excluding carboxylic acids is 1. The summed E-state index contributed by atoms with van der Waals surface area (Å²) >= 11 is 0. The summed E-state index contributed by atoms with van der Waals surface area (Å²) in [6.45, 7) is 2.84. The molecule has 1 amide bonds. The van der Waals surface area contributed by atoms with Crippen LogP contribution in [-0.4, -0.2) is 48.4 Å². The molecule has 0 saturated heterocycles. The lowest BCUT2D eigenvalue weighted by Gasteiger charge is -2.18. The number of fused-ring (bicyclic) bond motifs is 1. The molecule has 2 aromatic carbocycles. The summed E-state index contributed by atoms with van der Waals surface area (Å²) in [7, 11) is 3.15. The normalized spacial score (nSPS) is 13.1. The van der Waals surface area contributed by atoms with Crippen molar-refractivity contribution in [3.05, 3.63) is 77.8 Å². The molecule has 194 valence electrons. The molecule has 4 aromatic rings. The van der Waals surface area contributed by atoms with Crippen molar-refractivity contribution in [2.24, 2.45) is 0 Å². The van der Waals surface area contributed by atoms with Crippen LogP contribution in [-0.2, 0) is 4.74 Å². The number of amides is 1. The highest BCUT2D eigenvalue weighted by Crippen LogP contribution is 2.37. The Bertz CT molecular complexity index is 1530. The van der Waals surface area contributed by atoms with E-state index in [9.17, 15) is 9.90 Å². The first-order valence-electron chi connectivity index (χ1n) is 12.0. The van der Waals surface area contributed by atoms with Gasteiger partial charge in [0.25, 0.3) is 5.91 Å². The number of ether oxygens (including phenoxy) is 4. The summed E-state index contributed by atoms with van der Waals surface area (Å²) in [5.74, 6) is 1.77. The van der Waals surface area contributed by atoms with Gasteiger partial charge in [-0.15, -0.1) is 0 Å². The third-order valence-electron chi connectivity index (χ3n) is 6.32. The van der Waals surface area contributed by atoms with Crippen molar-refractivity contribution >= 4 is 28.1 Å². The van der Waals surface area contributed by atoms with E-state index in [4.69, 9.17) is 18.9 Å². The number of anilines is 1. The standard InChI is InChI=1S/C29H27N3O6/c1-17-27(18-9-12-37-13-10-18)28(33)22(16-31-17)29(34)32-19-4-6-20(7-5-19)38-24-8-11-30-23-15-26(36-3)25(35-2)14-21(23)24/h4-9,11,14-16H,10,12-13H2,1-3H3,(H,31,33)(H,32,34). The van der Waals surface area contributed by atoms with Crippen molar-refractivity contribution in [1.29, 1.82) is 0 Å². The first-order valence-corrected chi connectivity index (χ1v) is 12.0. The van der Waals surface area contributed by atoms with Crippen LogP contribution in [0.15, 0.2) is 60.9 Å². The van der Waals surface area contributed by atoms with Gasteiger partial charge in [-0.2, -0.15) is 0 Å². The van der Waals surface area contributed by atoms with Crippen LogP contribution in [0.2, 0.25) is 0 Å². The van der Waals surface area contributed by atoms with Gasteiger partial charge < -0.3 is 29.4 Å². The number of aromatic hydroxyl groups is 1. The number of pyridine rings is 2. The molecule has 1 aliphatic rings. The summed E-state index contributed by atoms with van der Waals surface area (Å²) in [4.78, 5) is 21.7. The smallest absolute Gasteiger partial charge is 0.261 e. The number of aromatic nitrogens is 2. The molecule has 0 fully saturated rings. The minimum atomic E-state index is -0.459. The summed E-state index contributed by atoms with van der Waals surface area (Å²) < 4.78 is 22.3. The molecule has 5 rings (SSSR count). The quantitative estimate of drug-likeness (QED) is 0.333. The molecule has 0 saturated carbocycles. The third-order valence-corrected chi connectivity index (χ3v) is 6.32. The maximum absolute atomic E-state index is 13.0. The minimum absolute atomic E-state index is 0.0836. The second-order valence-electron chi connectivity index (χ2n) is 8.65. The van der Waals surface area contributed by atoms with Crippen LogP contribution in [0.5, 0.6) is 28.7 Å². The molecular weight excluding hydrogens is 486 g/mol. The maximum Gasteiger partial charge on any atom is 0.261 e. The van der Waals surface area contributed by atoms with E-state index in [-0.39, 0.29) is 11.3 Å². The fourth-order valence-corrected chi connectivity index (χ4v) is 4.37. The molecule has 2 N–H and O–H groups in total. The fourth-order valence-electron chi connectivity index (χ4n) is 4.37. The lowest BCUT2D eigenvalue weighted by molar-refractivity contribution is 0.102. The number of nitrogens with zero attached hydrogens (tertiary/aromatic N) is 2. The fraction of sp³-hybridized carbons (Fsp3) is 0.207. The second kappa shape index (κ2) is 10.8. The summed E-state index contributed by atoms with van der Waals surface area (Å²) in [6, 6.07) is 12.3. The van der Waals surface area contributed by atoms with Crippen LogP contribution in [0.1, 0.15) is 28.0 Å². The average molecular weight is 514 g/mol. The highest BCUT2D eigenvalue weighted by Gasteiger charge is 2.21. The van der Waals surface area contributed by atoms with Gasteiger partial charge in [0.15, 0.2) is 11.5 Å². The molecule has 0 aliphatic carbocycles. The first kappa shape index (κ1) is 25.0. The van der Waals surface area contributed by atoms with E-state index in [2.05, 4.69) is 15.3 Å². The van der Waals surface area contributed by atoms with Gasteiger partial charge in [-0.25, -0.2) is 0 Å². The minimum Gasteiger partial charge on any atom is -0.506 e. The van der Waals surface area contributed by atoms with Crippen LogP contribution >= 0.6 is 0 Å². The molecular formula is C29H27N3O6. The van der Waals surface area contributed by atoms with E-state index in [1.807, 2.05) is 19.1 Å². The van der Waals surface area contributed by atoms with Crippen LogP contribution in [0.25, 0.3) is 16.5 Å². The van der Waals surface area contributed by atoms with Gasteiger partial charge in [0, 0.05) is 40.8 Å². The van der Waals surface area contributed by atoms with E-state index >= 15 is 0 Å². The van der Waals surface area contributed by atoms with E-state index in [0.29, 0.717) is 65.1 Å². The number of nitrogens with one attached hydrogen (secondary N) is 1. The SMILES string of the molecule is COc1cc2nccc(Oc3ccc(NC(=O)c4cnc(C)c(C5=CCOCC5)c4O)cc3)c2cc1OC. The molecule has 0 radical (unpaired) electrons. The van der Waals surface area contributed by atoms with Gasteiger partial charge in [0.1, 0.15) is 22.8 Å². The average Bonchev–Trinajstić information content (AvgIpc) is 2.94. The number of aryl methyl sites for hydroxylation is 1. The van der Waals surface area contributed by atoms with E-state index < -0.39 is 5.91 Å². The van der Waals surface area contributed by atoms with Crippen molar-refractivity contribution in [3.63, 3.8) is 0 Å². The Morgan fingerprint density at radius 1 is 1.03 bits per heavy atom. The maximum atomic E-state index is 13.0. The predicted molar refractivity (Wildman–Crippen MR) is 143 cm³/mol. The molecule has 0 unspecified atom stereocenters. The van der Waals surface area contributed by atoms with E-state index in [0.717, 1.165) is 11.0 Å². The highest BCUT2D eigenvalue weighted by atomic mass is 16.5. The lowest BCUT2D eigenvalue weighted by Crippen LogP contribution is -2.14. The Kier molecular flexibility index (Phi) is 7.10. The van der Waals surface area contributed by atoms with E-state index in [1.165, 1.54) is 6.20 Å².